The molecule has 0 fully saturated rings. The second-order valence-electron chi connectivity index (χ2n) is 4.42. The first-order valence-electron chi connectivity index (χ1n) is 6.39. The molecule has 4 nitrogen and oxygen atoms in total. The average Bonchev–Trinajstić information content (AvgIpc) is 3.23. The van der Waals surface area contributed by atoms with E-state index in [1.165, 1.54) is 22.7 Å². The lowest BCUT2D eigenvalue weighted by atomic mass is 10.3. The summed E-state index contributed by atoms with van der Waals surface area (Å²) in [5.74, 6) is -0.763. The molecule has 0 aliphatic heterocycles. The molecule has 0 unspecified atom stereocenters. The minimum Gasteiger partial charge on any atom is -0.453 e. The Morgan fingerprint density at radius 3 is 2.77 bits per heavy atom. The van der Waals surface area contributed by atoms with Crippen molar-refractivity contribution in [2.24, 2.45) is 0 Å². The van der Waals surface area contributed by atoms with Crippen LogP contribution in [0.25, 0.3) is 9.88 Å². The number of thiophene rings is 2. The number of carbonyl (C=O) groups is 2. The summed E-state index contributed by atoms with van der Waals surface area (Å²) in [7, 11) is 0. The second kappa shape index (κ2) is 6.51. The van der Waals surface area contributed by atoms with Crippen LogP contribution in [0.4, 0.5) is 0 Å². The molecule has 0 radical (unpaired) electrons. The summed E-state index contributed by atoms with van der Waals surface area (Å²) >= 11 is 4.34. The molecule has 0 saturated heterocycles. The van der Waals surface area contributed by atoms with Crippen LogP contribution in [0, 0.1) is 6.92 Å². The normalized spacial score (nSPS) is 10.6. The van der Waals surface area contributed by atoms with Crippen molar-refractivity contribution in [3.63, 3.8) is 0 Å². The Morgan fingerprint density at radius 2 is 2.09 bits per heavy atom. The number of esters is 1. The lowest BCUT2D eigenvalue weighted by molar-refractivity contribution is 0.0471. The summed E-state index contributed by atoms with van der Waals surface area (Å²) in [5.41, 5.74) is 0.239. The minimum atomic E-state index is -0.569. The number of rotatable bonds is 5. The summed E-state index contributed by atoms with van der Waals surface area (Å²) in [6.07, 6.45) is 0. The highest BCUT2D eigenvalue weighted by Crippen LogP contribution is 2.28. The van der Waals surface area contributed by atoms with Gasteiger partial charge in [0, 0.05) is 10.3 Å². The first-order valence-corrected chi connectivity index (χ1v) is 8.97. The number of ketones is 1. The van der Waals surface area contributed by atoms with Crippen LogP contribution in [-0.2, 0) is 4.74 Å². The van der Waals surface area contributed by atoms with Crippen LogP contribution in [-0.4, -0.2) is 23.3 Å². The van der Waals surface area contributed by atoms with E-state index < -0.39 is 5.97 Å². The fourth-order valence-electron chi connectivity index (χ4n) is 1.74. The van der Waals surface area contributed by atoms with Gasteiger partial charge in [0.2, 0.25) is 5.78 Å². The number of carbonyl (C=O) groups excluding carboxylic acids is 2. The molecule has 0 aromatic carbocycles. The number of aryl methyl sites for hydroxylation is 1. The Bertz CT molecular complexity index is 802. The van der Waals surface area contributed by atoms with E-state index in [0.717, 1.165) is 14.8 Å². The Kier molecular flexibility index (Phi) is 4.47. The van der Waals surface area contributed by atoms with Gasteiger partial charge in [-0.05, 0) is 30.5 Å². The predicted octanol–water partition coefficient (Wildman–Crippen LogP) is 4.28. The number of thiazole rings is 1. The second-order valence-corrected chi connectivity index (χ2v) is 7.52. The molecule has 0 aliphatic rings. The molecule has 0 amide bonds. The number of hydrogen-bond acceptors (Lipinski definition) is 7. The summed E-state index contributed by atoms with van der Waals surface area (Å²) in [5, 5.41) is 4.38. The predicted molar refractivity (Wildman–Crippen MR) is 89.1 cm³/mol. The van der Waals surface area contributed by atoms with E-state index in [-0.39, 0.29) is 18.1 Å². The van der Waals surface area contributed by atoms with E-state index >= 15 is 0 Å². The number of nitrogens with zero attached hydrogens (tertiary/aromatic N) is 1. The van der Waals surface area contributed by atoms with Gasteiger partial charge in [-0.2, -0.15) is 0 Å². The van der Waals surface area contributed by atoms with Gasteiger partial charge >= 0.3 is 5.97 Å². The van der Waals surface area contributed by atoms with E-state index in [0.29, 0.717) is 4.88 Å². The van der Waals surface area contributed by atoms with E-state index in [1.54, 1.807) is 22.8 Å². The fourth-order valence-corrected chi connectivity index (χ4v) is 4.14. The number of aromatic nitrogens is 1. The molecule has 3 aromatic heterocycles. The Hall–Kier alpha value is -1.83. The third kappa shape index (κ3) is 3.32. The molecule has 3 heterocycles. The third-order valence-corrected chi connectivity index (χ3v) is 5.72. The van der Waals surface area contributed by atoms with Gasteiger partial charge < -0.3 is 4.74 Å². The van der Waals surface area contributed by atoms with Crippen LogP contribution in [0.2, 0.25) is 0 Å². The molecule has 0 N–H and O–H groups in total. The van der Waals surface area contributed by atoms with Crippen LogP contribution in [0.3, 0.4) is 0 Å². The molecule has 0 atom stereocenters. The van der Waals surface area contributed by atoms with Gasteiger partial charge in [-0.25, -0.2) is 9.78 Å². The number of ether oxygens (including phenoxy) is 1. The van der Waals surface area contributed by atoms with Gasteiger partial charge in [0.15, 0.2) is 12.3 Å². The summed E-state index contributed by atoms with van der Waals surface area (Å²) in [4.78, 5) is 30.8. The van der Waals surface area contributed by atoms with Crippen LogP contribution in [0.15, 0.2) is 35.0 Å². The SMILES string of the molecule is Cc1ccc(C(=O)COC(=O)c2csc(-c3cccs3)n2)s1. The highest BCUT2D eigenvalue weighted by Gasteiger charge is 2.16. The molecule has 7 heteroatoms. The van der Waals surface area contributed by atoms with Gasteiger partial charge in [-0.1, -0.05) is 6.07 Å². The lowest BCUT2D eigenvalue weighted by Gasteiger charge is -2.00. The minimum absolute atomic E-state index is 0.194. The van der Waals surface area contributed by atoms with Crippen molar-refractivity contribution in [1.82, 2.24) is 4.98 Å². The maximum Gasteiger partial charge on any atom is 0.358 e. The summed E-state index contributed by atoms with van der Waals surface area (Å²) in [6.45, 7) is 1.67. The van der Waals surface area contributed by atoms with Gasteiger partial charge in [0.1, 0.15) is 5.01 Å². The molecule has 3 aromatic rings. The maximum absolute atomic E-state index is 11.9. The quantitative estimate of drug-likeness (QED) is 0.509. The van der Waals surface area contributed by atoms with Crippen molar-refractivity contribution < 1.29 is 14.3 Å². The highest BCUT2D eigenvalue weighted by molar-refractivity contribution is 7.20. The molecular formula is C15H11NO3S3. The van der Waals surface area contributed by atoms with E-state index in [2.05, 4.69) is 4.98 Å². The Labute approximate surface area is 139 Å². The molecule has 22 heavy (non-hydrogen) atoms. The summed E-state index contributed by atoms with van der Waals surface area (Å²) < 4.78 is 5.05. The largest absolute Gasteiger partial charge is 0.453 e. The first-order chi connectivity index (χ1) is 10.6. The van der Waals surface area contributed by atoms with Crippen molar-refractivity contribution in [2.75, 3.05) is 6.61 Å². The van der Waals surface area contributed by atoms with Crippen molar-refractivity contribution in [1.29, 1.82) is 0 Å². The van der Waals surface area contributed by atoms with Gasteiger partial charge in [-0.3, -0.25) is 4.79 Å². The Morgan fingerprint density at radius 1 is 1.23 bits per heavy atom. The number of hydrogen-bond donors (Lipinski definition) is 0. The van der Waals surface area contributed by atoms with E-state index in [1.807, 2.05) is 30.5 Å². The zero-order chi connectivity index (χ0) is 15.5. The molecule has 3 rings (SSSR count). The smallest absolute Gasteiger partial charge is 0.358 e. The van der Waals surface area contributed by atoms with Crippen LogP contribution in [0.1, 0.15) is 25.0 Å². The molecule has 0 spiro atoms. The van der Waals surface area contributed by atoms with Crippen molar-refractivity contribution in [2.45, 2.75) is 6.92 Å². The first kappa shape index (κ1) is 15.1. The molecule has 0 bridgehead atoms. The van der Waals surface area contributed by atoms with E-state index in [9.17, 15) is 9.59 Å². The maximum atomic E-state index is 11.9. The van der Waals surface area contributed by atoms with Crippen LogP contribution < -0.4 is 0 Å². The van der Waals surface area contributed by atoms with Gasteiger partial charge in [-0.15, -0.1) is 34.0 Å². The zero-order valence-corrected chi connectivity index (χ0v) is 14.0. The van der Waals surface area contributed by atoms with Crippen LogP contribution >= 0.6 is 34.0 Å². The van der Waals surface area contributed by atoms with Gasteiger partial charge in [0.25, 0.3) is 0 Å². The lowest BCUT2D eigenvalue weighted by Crippen LogP contribution is -2.13. The zero-order valence-electron chi connectivity index (χ0n) is 11.6. The average molecular weight is 349 g/mol. The monoisotopic (exact) mass is 349 g/mol. The highest BCUT2D eigenvalue weighted by atomic mass is 32.1. The molecule has 0 aliphatic carbocycles. The van der Waals surface area contributed by atoms with Crippen LogP contribution in [0.5, 0.6) is 0 Å². The molecule has 112 valence electrons. The third-order valence-electron chi connectivity index (χ3n) is 2.79. The van der Waals surface area contributed by atoms with E-state index in [4.69, 9.17) is 4.74 Å². The molecular weight excluding hydrogens is 338 g/mol. The van der Waals surface area contributed by atoms with Crippen molar-refractivity contribution >= 4 is 45.8 Å². The fraction of sp³-hybridized carbons (Fsp3) is 0.133. The van der Waals surface area contributed by atoms with Gasteiger partial charge in [0.05, 0.1) is 9.75 Å². The topological polar surface area (TPSA) is 56.3 Å². The van der Waals surface area contributed by atoms with Crippen molar-refractivity contribution in [3.05, 3.63) is 50.5 Å². The standard InChI is InChI=1S/C15H11NO3S3/c1-9-4-5-12(22-9)11(17)7-19-15(18)10-8-21-14(16-10)13-3-2-6-20-13/h2-6,8H,7H2,1H3. The van der Waals surface area contributed by atoms with Crippen molar-refractivity contribution in [3.8, 4) is 9.88 Å². The number of Topliss-reactive ketones (excluding diaryl/α,β-unsaturated/α-hetero) is 1. The Balaban J connectivity index is 1.61. The summed E-state index contributed by atoms with van der Waals surface area (Å²) in [6, 6.07) is 7.49. The molecule has 0 saturated carbocycles.